The number of benzene rings is 3. The molecule has 4 aromatic rings. The first-order valence-corrected chi connectivity index (χ1v) is 12.1. The molecule has 0 fully saturated rings. The monoisotopic (exact) mass is 529 g/mol. The van der Waals surface area contributed by atoms with E-state index < -0.39 is 23.5 Å². The van der Waals surface area contributed by atoms with Gasteiger partial charge in [-0.25, -0.2) is 0 Å². The maximum absolute atomic E-state index is 13.9. The van der Waals surface area contributed by atoms with E-state index in [1.807, 2.05) is 0 Å². The first-order valence-electron chi connectivity index (χ1n) is 12.1. The number of phenols is 1. The summed E-state index contributed by atoms with van der Waals surface area (Å²) < 4.78 is 27.6. The zero-order chi connectivity index (χ0) is 27.3. The van der Waals surface area contributed by atoms with Crippen LogP contribution in [0.2, 0.25) is 0 Å². The molecule has 1 amide bonds. The first-order chi connectivity index (χ1) is 18.9. The van der Waals surface area contributed by atoms with Crippen LogP contribution in [0.3, 0.4) is 0 Å². The van der Waals surface area contributed by atoms with Crippen LogP contribution in [0.25, 0.3) is 11.0 Å². The highest BCUT2D eigenvalue weighted by Gasteiger charge is 2.46. The second-order valence-electron chi connectivity index (χ2n) is 8.86. The van der Waals surface area contributed by atoms with Gasteiger partial charge in [-0.15, -0.1) is 0 Å². The lowest BCUT2D eigenvalue weighted by Gasteiger charge is -2.27. The molecule has 1 unspecified atom stereocenters. The molecule has 0 saturated heterocycles. The quantitative estimate of drug-likeness (QED) is 0.316. The molecule has 0 aliphatic carbocycles. The number of hydrogen-bond donors (Lipinski definition) is 2. The summed E-state index contributed by atoms with van der Waals surface area (Å²) in [5.41, 5.74) is 0.952. The van der Waals surface area contributed by atoms with Crippen molar-refractivity contribution in [2.75, 3.05) is 25.4 Å². The van der Waals surface area contributed by atoms with E-state index in [4.69, 9.17) is 23.4 Å². The van der Waals surface area contributed by atoms with Gasteiger partial charge in [0.25, 0.3) is 5.91 Å². The van der Waals surface area contributed by atoms with Gasteiger partial charge in [-0.05, 0) is 48.9 Å². The van der Waals surface area contributed by atoms with Gasteiger partial charge < -0.3 is 33.6 Å². The van der Waals surface area contributed by atoms with E-state index in [0.29, 0.717) is 39.5 Å². The summed E-state index contributed by atoms with van der Waals surface area (Å²) in [5, 5.41) is 22.0. The number of methoxy groups -OCH3 is 1. The Morgan fingerprint density at radius 2 is 1.85 bits per heavy atom. The minimum absolute atomic E-state index is 0.0363. The molecule has 3 heterocycles. The minimum atomic E-state index is -1.08. The van der Waals surface area contributed by atoms with Crippen molar-refractivity contribution in [2.45, 2.75) is 13.0 Å². The highest BCUT2D eigenvalue weighted by molar-refractivity contribution is 6.20. The summed E-state index contributed by atoms with van der Waals surface area (Å²) in [6, 6.07) is 15.1. The standard InChI is InChI=1S/C29H23NO9/c1-3-36-21-11-15(7-9-18(21)31)25-24(26(32)23-12-16-5-4-6-20(35-2)28(16)39-23)27(33)29(34)30(25)17-8-10-19-22(13-17)38-14-37-19/h4-13,25,31,33H,3,14H2,1-2H3. The number of furan rings is 1. The highest BCUT2D eigenvalue weighted by Crippen LogP contribution is 2.46. The number of para-hydroxylation sites is 1. The number of phenolic OH excluding ortho intramolecular Hbond substituents is 1. The zero-order valence-corrected chi connectivity index (χ0v) is 21.0. The van der Waals surface area contributed by atoms with Gasteiger partial charge in [0.15, 0.2) is 45.8 Å². The van der Waals surface area contributed by atoms with Crippen LogP contribution in [0.1, 0.15) is 29.1 Å². The number of carbonyl (C=O) groups excluding carboxylic acids is 2. The summed E-state index contributed by atoms with van der Waals surface area (Å²) in [5.74, 6) is -0.847. The summed E-state index contributed by atoms with van der Waals surface area (Å²) in [6.07, 6.45) is 0. The number of fused-ring (bicyclic) bond motifs is 2. The molecule has 1 aromatic heterocycles. The zero-order valence-electron chi connectivity index (χ0n) is 21.0. The largest absolute Gasteiger partial charge is 0.504 e. The number of aliphatic hydroxyl groups is 1. The maximum atomic E-state index is 13.9. The smallest absolute Gasteiger partial charge is 0.294 e. The summed E-state index contributed by atoms with van der Waals surface area (Å²) in [4.78, 5) is 28.8. The minimum Gasteiger partial charge on any atom is -0.504 e. The Morgan fingerprint density at radius 3 is 2.64 bits per heavy atom. The second-order valence-corrected chi connectivity index (χ2v) is 8.86. The fourth-order valence-corrected chi connectivity index (χ4v) is 4.87. The third-order valence-corrected chi connectivity index (χ3v) is 6.64. The Balaban J connectivity index is 1.51. The predicted molar refractivity (Wildman–Crippen MR) is 139 cm³/mol. The molecule has 2 N–H and O–H groups in total. The van der Waals surface area contributed by atoms with Gasteiger partial charge in [0.2, 0.25) is 12.6 Å². The fraction of sp³-hybridized carbons (Fsp3) is 0.172. The average Bonchev–Trinajstić information content (AvgIpc) is 3.65. The number of nitrogens with zero attached hydrogens (tertiary/aromatic N) is 1. The third-order valence-electron chi connectivity index (χ3n) is 6.64. The predicted octanol–water partition coefficient (Wildman–Crippen LogP) is 5.06. The lowest BCUT2D eigenvalue weighted by Crippen LogP contribution is -2.31. The number of Topliss-reactive ketones (excluding diaryl/α,β-unsaturated/α-hetero) is 1. The number of ether oxygens (including phenoxy) is 4. The van der Waals surface area contributed by atoms with Crippen molar-refractivity contribution in [2.24, 2.45) is 0 Å². The van der Waals surface area contributed by atoms with Gasteiger partial charge in [-0.3, -0.25) is 14.5 Å². The number of carbonyl (C=O) groups is 2. The Bertz CT molecular complexity index is 1670. The molecular weight excluding hydrogens is 506 g/mol. The van der Waals surface area contributed by atoms with Gasteiger partial charge in [0.1, 0.15) is 0 Å². The lowest BCUT2D eigenvalue weighted by atomic mass is 9.94. The van der Waals surface area contributed by atoms with Crippen LogP contribution in [0.15, 0.2) is 76.4 Å². The van der Waals surface area contributed by atoms with Crippen LogP contribution in [0, 0.1) is 0 Å². The number of rotatable bonds is 7. The molecule has 0 spiro atoms. The van der Waals surface area contributed by atoms with E-state index in [0.717, 1.165) is 0 Å². The summed E-state index contributed by atoms with van der Waals surface area (Å²) in [7, 11) is 1.49. The lowest BCUT2D eigenvalue weighted by molar-refractivity contribution is -0.117. The number of aliphatic hydroxyl groups excluding tert-OH is 1. The Morgan fingerprint density at radius 1 is 1.03 bits per heavy atom. The fourth-order valence-electron chi connectivity index (χ4n) is 4.87. The van der Waals surface area contributed by atoms with Gasteiger partial charge in [0, 0.05) is 17.1 Å². The van der Waals surface area contributed by atoms with Crippen LogP contribution < -0.4 is 23.8 Å². The molecule has 10 nitrogen and oxygen atoms in total. The molecular formula is C29H23NO9. The number of hydrogen-bond acceptors (Lipinski definition) is 9. The molecule has 198 valence electrons. The van der Waals surface area contributed by atoms with E-state index in [1.165, 1.54) is 30.2 Å². The van der Waals surface area contributed by atoms with Crippen molar-refractivity contribution >= 4 is 28.3 Å². The van der Waals surface area contributed by atoms with Gasteiger partial charge in [0.05, 0.1) is 25.3 Å². The Hall–Kier alpha value is -5.12. The topological polar surface area (TPSA) is 128 Å². The van der Waals surface area contributed by atoms with Crippen LogP contribution in [0.5, 0.6) is 28.7 Å². The Kier molecular flexibility index (Phi) is 5.79. The second kappa shape index (κ2) is 9.32. The van der Waals surface area contributed by atoms with Crippen LogP contribution in [0.4, 0.5) is 5.69 Å². The van der Waals surface area contributed by atoms with Gasteiger partial charge in [-0.2, -0.15) is 0 Å². The van der Waals surface area contributed by atoms with Crippen LogP contribution >= 0.6 is 0 Å². The van der Waals surface area contributed by atoms with Crippen molar-refractivity contribution in [3.8, 4) is 28.7 Å². The molecule has 2 aliphatic rings. The third kappa shape index (κ3) is 3.88. The summed E-state index contributed by atoms with van der Waals surface area (Å²) >= 11 is 0. The number of aromatic hydroxyl groups is 1. The molecule has 39 heavy (non-hydrogen) atoms. The van der Waals surface area contributed by atoms with Crippen molar-refractivity contribution < 1.29 is 43.2 Å². The molecule has 6 rings (SSSR count). The van der Waals surface area contributed by atoms with E-state index in [1.54, 1.807) is 49.4 Å². The molecule has 0 bridgehead atoms. The summed E-state index contributed by atoms with van der Waals surface area (Å²) in [6.45, 7) is 2.08. The molecule has 0 radical (unpaired) electrons. The SMILES string of the molecule is CCOc1cc(C2C(C(=O)c3cc4cccc(OC)c4o3)=C(O)C(=O)N2c2ccc3c(c2)OCO3)ccc1O. The van der Waals surface area contributed by atoms with Crippen molar-refractivity contribution in [1.29, 1.82) is 0 Å². The van der Waals surface area contributed by atoms with E-state index >= 15 is 0 Å². The highest BCUT2D eigenvalue weighted by atomic mass is 16.7. The van der Waals surface area contributed by atoms with Crippen LogP contribution in [-0.4, -0.2) is 42.4 Å². The Labute approximate surface area is 222 Å². The van der Waals surface area contributed by atoms with E-state index in [9.17, 15) is 19.8 Å². The molecule has 1 atom stereocenters. The molecule has 2 aliphatic heterocycles. The van der Waals surface area contributed by atoms with E-state index in [2.05, 4.69) is 0 Å². The maximum Gasteiger partial charge on any atom is 0.294 e. The molecule has 0 saturated carbocycles. The average molecular weight is 530 g/mol. The molecule has 10 heteroatoms. The van der Waals surface area contributed by atoms with Crippen LogP contribution in [-0.2, 0) is 4.79 Å². The van der Waals surface area contributed by atoms with Crippen molar-refractivity contribution in [3.05, 3.63) is 83.3 Å². The molecule has 3 aromatic carbocycles. The normalized spacial score (nSPS) is 16.3. The van der Waals surface area contributed by atoms with Crippen molar-refractivity contribution in [3.63, 3.8) is 0 Å². The van der Waals surface area contributed by atoms with Crippen molar-refractivity contribution in [1.82, 2.24) is 0 Å². The number of anilines is 1. The van der Waals surface area contributed by atoms with E-state index in [-0.39, 0.29) is 36.2 Å². The van der Waals surface area contributed by atoms with Gasteiger partial charge >= 0.3 is 0 Å². The first kappa shape index (κ1) is 24.2. The number of ketones is 1. The number of amides is 1. The van der Waals surface area contributed by atoms with Gasteiger partial charge in [-0.1, -0.05) is 18.2 Å².